The van der Waals surface area contributed by atoms with Gasteiger partial charge in [0.1, 0.15) is 11.1 Å². The summed E-state index contributed by atoms with van der Waals surface area (Å²) in [5.41, 5.74) is 5.27. The van der Waals surface area contributed by atoms with E-state index in [0.717, 1.165) is 44.3 Å². The number of aromatic nitrogens is 2. The molecule has 0 fully saturated rings. The van der Waals surface area contributed by atoms with Crippen molar-refractivity contribution in [3.8, 4) is 11.4 Å². The molecule has 6 aromatic rings. The molecule has 3 aromatic heterocycles. The molecule has 0 saturated carbocycles. The number of hydrogen-bond acceptors (Lipinski definition) is 4. The Morgan fingerprint density at radius 3 is 2.71 bits per heavy atom. The molecule has 31 heavy (non-hydrogen) atoms. The third kappa shape index (κ3) is 2.94. The lowest BCUT2D eigenvalue weighted by Crippen LogP contribution is -1.90. The molecule has 0 radical (unpaired) electrons. The van der Waals surface area contributed by atoms with Gasteiger partial charge >= 0.3 is 0 Å². The summed E-state index contributed by atoms with van der Waals surface area (Å²) < 4.78 is 8.46. The predicted molar refractivity (Wildman–Crippen MR) is 131 cm³/mol. The molecule has 0 spiro atoms. The minimum Gasteiger partial charge on any atom is -0.451 e. The van der Waals surface area contributed by atoms with Crippen molar-refractivity contribution in [2.75, 3.05) is 0 Å². The molecule has 0 N–H and O–H groups in total. The van der Waals surface area contributed by atoms with E-state index in [1.165, 1.54) is 15.5 Å². The minimum atomic E-state index is 0.329. The molecule has 0 aliphatic carbocycles. The van der Waals surface area contributed by atoms with Gasteiger partial charge in [0.2, 0.25) is 0 Å². The summed E-state index contributed by atoms with van der Waals surface area (Å²) in [6.07, 6.45) is 0.811. The van der Waals surface area contributed by atoms with E-state index in [0.29, 0.717) is 16.6 Å². The molecule has 0 bridgehead atoms. The van der Waals surface area contributed by atoms with E-state index in [4.69, 9.17) is 21.0 Å². The zero-order valence-electron chi connectivity index (χ0n) is 16.8. The van der Waals surface area contributed by atoms with Gasteiger partial charge in [-0.3, -0.25) is 0 Å². The average Bonchev–Trinajstić information content (AvgIpc) is 3.31. The van der Waals surface area contributed by atoms with Crippen molar-refractivity contribution in [3.05, 3.63) is 83.5 Å². The SMILES string of the molecule is C=C(C)Cc1ccc2c(c1)oc1c(Cl)nc(-c3cccc4c3sc3ccccc34)nc12. The fraction of sp³-hybridized carbons (Fsp3) is 0.0769. The third-order valence-electron chi connectivity index (χ3n) is 5.49. The molecule has 150 valence electrons. The number of nitrogens with zero attached hydrogens (tertiary/aromatic N) is 2. The van der Waals surface area contributed by atoms with Gasteiger partial charge in [0.15, 0.2) is 16.6 Å². The maximum Gasteiger partial charge on any atom is 0.191 e. The second-order valence-corrected chi connectivity index (χ2v) is 9.27. The third-order valence-corrected chi connectivity index (χ3v) is 6.96. The van der Waals surface area contributed by atoms with E-state index in [2.05, 4.69) is 60.1 Å². The highest BCUT2D eigenvalue weighted by molar-refractivity contribution is 7.26. The van der Waals surface area contributed by atoms with E-state index in [-0.39, 0.29) is 0 Å². The summed E-state index contributed by atoms with van der Waals surface area (Å²) in [5, 5.41) is 3.72. The Kier molecular flexibility index (Phi) is 4.13. The number of allylic oxidation sites excluding steroid dienone is 1. The molecule has 6 rings (SSSR count). The predicted octanol–water partition coefficient (Wildman–Crippen LogP) is 8.18. The monoisotopic (exact) mass is 440 g/mol. The summed E-state index contributed by atoms with van der Waals surface area (Å²) in [6.45, 7) is 6.02. The molecule has 0 saturated heterocycles. The van der Waals surface area contributed by atoms with E-state index in [1.807, 2.05) is 19.1 Å². The van der Waals surface area contributed by atoms with Crippen LogP contribution in [0.5, 0.6) is 0 Å². The van der Waals surface area contributed by atoms with Gasteiger partial charge in [0.05, 0.1) is 0 Å². The number of benzene rings is 3. The zero-order chi connectivity index (χ0) is 21.1. The molecule has 3 heterocycles. The highest BCUT2D eigenvalue weighted by atomic mass is 35.5. The van der Waals surface area contributed by atoms with Gasteiger partial charge in [-0.2, -0.15) is 0 Å². The van der Waals surface area contributed by atoms with Crippen molar-refractivity contribution in [3.63, 3.8) is 0 Å². The van der Waals surface area contributed by atoms with Crippen LogP contribution in [-0.2, 0) is 6.42 Å². The van der Waals surface area contributed by atoms with Gasteiger partial charge in [-0.05, 0) is 43.2 Å². The van der Waals surface area contributed by atoms with Crippen LogP contribution in [0.4, 0.5) is 0 Å². The Labute approximate surface area is 187 Å². The summed E-state index contributed by atoms with van der Waals surface area (Å²) in [7, 11) is 0. The first-order chi connectivity index (χ1) is 15.1. The zero-order valence-corrected chi connectivity index (χ0v) is 18.3. The minimum absolute atomic E-state index is 0.329. The number of hydrogen-bond donors (Lipinski definition) is 0. The number of halogens is 1. The standard InChI is InChI=1S/C26H17ClN2OS/c1-14(2)12-15-10-11-18-20(13-15)30-23-22(18)28-26(29-25(23)27)19-8-5-7-17-16-6-3-4-9-21(16)31-24(17)19/h3-11,13H,1,12H2,2H3. The van der Waals surface area contributed by atoms with Gasteiger partial charge in [0, 0.05) is 31.1 Å². The molecule has 5 heteroatoms. The molecule has 0 amide bonds. The smallest absolute Gasteiger partial charge is 0.191 e. The van der Waals surface area contributed by atoms with Crippen LogP contribution in [0.3, 0.4) is 0 Å². The van der Waals surface area contributed by atoms with Crippen LogP contribution in [0.25, 0.3) is 53.6 Å². The van der Waals surface area contributed by atoms with Crippen LogP contribution in [0.15, 0.2) is 77.2 Å². The molecule has 0 unspecified atom stereocenters. The Hall–Kier alpha value is -3.21. The Morgan fingerprint density at radius 1 is 1.00 bits per heavy atom. The second kappa shape index (κ2) is 6.91. The topological polar surface area (TPSA) is 38.9 Å². The molecule has 0 aliphatic rings. The number of furan rings is 1. The lowest BCUT2D eigenvalue weighted by atomic mass is 10.1. The van der Waals surface area contributed by atoms with Crippen molar-refractivity contribution >= 4 is 65.2 Å². The maximum absolute atomic E-state index is 6.58. The van der Waals surface area contributed by atoms with Crippen molar-refractivity contribution < 1.29 is 4.42 Å². The highest BCUT2D eigenvalue weighted by Crippen LogP contribution is 2.40. The van der Waals surface area contributed by atoms with Crippen LogP contribution in [0.2, 0.25) is 5.15 Å². The summed E-state index contributed by atoms with van der Waals surface area (Å²) in [6, 6.07) is 20.9. The molecular formula is C26H17ClN2OS. The number of thiophene rings is 1. The van der Waals surface area contributed by atoms with Crippen LogP contribution >= 0.6 is 22.9 Å². The van der Waals surface area contributed by atoms with Crippen LogP contribution in [-0.4, -0.2) is 9.97 Å². The van der Waals surface area contributed by atoms with Gasteiger partial charge in [-0.1, -0.05) is 60.2 Å². The lowest BCUT2D eigenvalue weighted by molar-refractivity contribution is 0.665. The molecule has 0 atom stereocenters. The van der Waals surface area contributed by atoms with Crippen LogP contribution in [0, 0.1) is 0 Å². The Bertz CT molecular complexity index is 1660. The van der Waals surface area contributed by atoms with Gasteiger partial charge in [-0.15, -0.1) is 11.3 Å². The first-order valence-electron chi connectivity index (χ1n) is 10.0. The second-order valence-electron chi connectivity index (χ2n) is 7.86. The van der Waals surface area contributed by atoms with Gasteiger partial charge in [0.25, 0.3) is 0 Å². The Balaban J connectivity index is 1.60. The first kappa shape index (κ1) is 18.6. The van der Waals surface area contributed by atoms with Crippen LogP contribution in [0.1, 0.15) is 12.5 Å². The van der Waals surface area contributed by atoms with E-state index in [9.17, 15) is 0 Å². The highest BCUT2D eigenvalue weighted by Gasteiger charge is 2.18. The number of rotatable bonds is 3. The largest absolute Gasteiger partial charge is 0.451 e. The molecule has 0 aliphatic heterocycles. The average molecular weight is 441 g/mol. The first-order valence-corrected chi connectivity index (χ1v) is 11.2. The molecular weight excluding hydrogens is 424 g/mol. The fourth-order valence-corrected chi connectivity index (χ4v) is 5.57. The molecule has 3 nitrogen and oxygen atoms in total. The normalized spacial score (nSPS) is 11.8. The summed E-state index contributed by atoms with van der Waals surface area (Å²) in [4.78, 5) is 9.52. The lowest BCUT2D eigenvalue weighted by Gasteiger charge is -2.03. The Morgan fingerprint density at radius 2 is 1.84 bits per heavy atom. The van der Waals surface area contributed by atoms with Gasteiger partial charge in [-0.25, -0.2) is 9.97 Å². The van der Waals surface area contributed by atoms with E-state index >= 15 is 0 Å². The van der Waals surface area contributed by atoms with Crippen molar-refractivity contribution in [1.82, 2.24) is 9.97 Å². The molecule has 3 aromatic carbocycles. The number of fused-ring (bicyclic) bond motifs is 6. The van der Waals surface area contributed by atoms with Gasteiger partial charge < -0.3 is 4.42 Å². The quantitative estimate of drug-likeness (QED) is 0.205. The van der Waals surface area contributed by atoms with E-state index < -0.39 is 0 Å². The van der Waals surface area contributed by atoms with Crippen molar-refractivity contribution in [2.45, 2.75) is 13.3 Å². The summed E-state index contributed by atoms with van der Waals surface area (Å²) >= 11 is 8.33. The fourth-order valence-electron chi connectivity index (χ4n) is 4.16. The maximum atomic E-state index is 6.58. The van der Waals surface area contributed by atoms with Crippen LogP contribution < -0.4 is 0 Å². The van der Waals surface area contributed by atoms with Crippen molar-refractivity contribution in [1.29, 1.82) is 0 Å². The summed E-state index contributed by atoms with van der Waals surface area (Å²) in [5.74, 6) is 0.614. The van der Waals surface area contributed by atoms with Crippen molar-refractivity contribution in [2.24, 2.45) is 0 Å². The van der Waals surface area contributed by atoms with E-state index in [1.54, 1.807) is 11.3 Å².